The van der Waals surface area contributed by atoms with Crippen LogP contribution in [0.15, 0.2) is 24.3 Å². The van der Waals surface area contributed by atoms with E-state index in [1.54, 1.807) is 0 Å². The number of rotatable bonds is 3. The Kier molecular flexibility index (Phi) is 3.55. The molecule has 2 nitrogen and oxygen atoms in total. The second kappa shape index (κ2) is 4.79. The molecule has 0 spiro atoms. The number of nitrogens with zero attached hydrogens (tertiary/aromatic N) is 1. The Balaban J connectivity index is 2.17. The molecule has 2 atom stereocenters. The lowest BCUT2D eigenvalue weighted by molar-refractivity contribution is 0.165. The van der Waals surface area contributed by atoms with E-state index < -0.39 is 0 Å². The van der Waals surface area contributed by atoms with Gasteiger partial charge in [-0.15, -0.1) is 0 Å². The number of nitrogens with two attached hydrogens (primary N) is 1. The highest BCUT2D eigenvalue weighted by Gasteiger charge is 2.40. The first-order chi connectivity index (χ1) is 8.07. The van der Waals surface area contributed by atoms with Crippen LogP contribution in [0.25, 0.3) is 0 Å². The fraction of sp³-hybridized carbons (Fsp3) is 0.600. The van der Waals surface area contributed by atoms with Crippen molar-refractivity contribution in [3.05, 3.63) is 35.4 Å². The minimum atomic E-state index is 0.217. The highest BCUT2D eigenvalue weighted by molar-refractivity contribution is 5.27. The van der Waals surface area contributed by atoms with Gasteiger partial charge in [-0.2, -0.15) is 0 Å². The zero-order chi connectivity index (χ0) is 12.5. The van der Waals surface area contributed by atoms with Crippen molar-refractivity contribution < 1.29 is 0 Å². The molecule has 17 heavy (non-hydrogen) atoms. The molecule has 1 aliphatic carbocycles. The molecule has 0 aromatic heterocycles. The minimum absolute atomic E-state index is 0.217. The highest BCUT2D eigenvalue weighted by atomic mass is 15.2. The van der Waals surface area contributed by atoms with Gasteiger partial charge in [0, 0.05) is 12.1 Å². The van der Waals surface area contributed by atoms with Crippen molar-refractivity contribution in [2.75, 3.05) is 20.6 Å². The lowest BCUT2D eigenvalue weighted by Crippen LogP contribution is -2.48. The van der Waals surface area contributed by atoms with Crippen molar-refractivity contribution in [2.45, 2.75) is 37.6 Å². The van der Waals surface area contributed by atoms with Crippen molar-refractivity contribution in [1.82, 2.24) is 4.90 Å². The molecule has 0 saturated heterocycles. The monoisotopic (exact) mass is 232 g/mol. The van der Waals surface area contributed by atoms with Crippen LogP contribution in [0.5, 0.6) is 0 Å². The van der Waals surface area contributed by atoms with Crippen LogP contribution in [0, 0.1) is 6.92 Å². The molecule has 0 aliphatic heterocycles. The van der Waals surface area contributed by atoms with Gasteiger partial charge in [-0.3, -0.25) is 0 Å². The maximum Gasteiger partial charge on any atom is 0.0331 e. The van der Waals surface area contributed by atoms with Gasteiger partial charge < -0.3 is 10.6 Å². The standard InChI is InChI=1S/C15H24N2/c1-12-5-4-6-13(9-12)14-7-8-15(10-14,11-16)17(2)3/h4-6,9,14H,7-8,10-11,16H2,1-3H3. The predicted molar refractivity (Wildman–Crippen MR) is 73.2 cm³/mol. The first-order valence-corrected chi connectivity index (χ1v) is 6.51. The summed E-state index contributed by atoms with van der Waals surface area (Å²) < 4.78 is 0. The Labute approximate surface area is 105 Å². The van der Waals surface area contributed by atoms with E-state index in [-0.39, 0.29) is 5.54 Å². The van der Waals surface area contributed by atoms with Crippen LogP contribution in [0.4, 0.5) is 0 Å². The zero-order valence-corrected chi connectivity index (χ0v) is 11.2. The van der Waals surface area contributed by atoms with Crippen molar-refractivity contribution in [3.8, 4) is 0 Å². The summed E-state index contributed by atoms with van der Waals surface area (Å²) in [7, 11) is 4.32. The molecule has 0 radical (unpaired) electrons. The zero-order valence-electron chi connectivity index (χ0n) is 11.2. The fourth-order valence-electron chi connectivity index (χ4n) is 3.09. The summed E-state index contributed by atoms with van der Waals surface area (Å²) in [6.45, 7) is 2.93. The van der Waals surface area contributed by atoms with Gasteiger partial charge in [0.25, 0.3) is 0 Å². The average Bonchev–Trinajstić information content (AvgIpc) is 2.74. The van der Waals surface area contributed by atoms with Gasteiger partial charge in [-0.05, 0) is 51.8 Å². The van der Waals surface area contributed by atoms with Crippen LogP contribution in [0.2, 0.25) is 0 Å². The fourth-order valence-corrected chi connectivity index (χ4v) is 3.09. The number of hydrogen-bond donors (Lipinski definition) is 1. The number of hydrogen-bond acceptors (Lipinski definition) is 2. The smallest absolute Gasteiger partial charge is 0.0331 e. The van der Waals surface area contributed by atoms with E-state index in [0.29, 0.717) is 5.92 Å². The molecule has 2 unspecified atom stereocenters. The molecule has 1 aromatic rings. The van der Waals surface area contributed by atoms with Gasteiger partial charge in [0.2, 0.25) is 0 Å². The Morgan fingerprint density at radius 2 is 2.18 bits per heavy atom. The summed E-state index contributed by atoms with van der Waals surface area (Å²) in [5.74, 6) is 0.681. The van der Waals surface area contributed by atoms with E-state index >= 15 is 0 Å². The second-order valence-electron chi connectivity index (χ2n) is 5.68. The van der Waals surface area contributed by atoms with Gasteiger partial charge >= 0.3 is 0 Å². The summed E-state index contributed by atoms with van der Waals surface area (Å²) in [6.07, 6.45) is 3.67. The Bertz CT molecular complexity index is 386. The van der Waals surface area contributed by atoms with E-state index in [1.807, 2.05) is 0 Å². The van der Waals surface area contributed by atoms with Crippen molar-refractivity contribution in [2.24, 2.45) is 5.73 Å². The summed E-state index contributed by atoms with van der Waals surface area (Å²) in [6, 6.07) is 8.93. The minimum Gasteiger partial charge on any atom is -0.329 e. The first kappa shape index (κ1) is 12.6. The quantitative estimate of drug-likeness (QED) is 0.867. The molecule has 2 heteroatoms. The summed E-state index contributed by atoms with van der Waals surface area (Å²) >= 11 is 0. The summed E-state index contributed by atoms with van der Waals surface area (Å²) in [4.78, 5) is 2.32. The van der Waals surface area contributed by atoms with Gasteiger partial charge in [0.1, 0.15) is 0 Å². The Hall–Kier alpha value is -0.860. The van der Waals surface area contributed by atoms with E-state index in [2.05, 4.69) is 50.2 Å². The third-order valence-electron chi connectivity index (χ3n) is 4.43. The number of likely N-dealkylation sites (N-methyl/N-ethyl adjacent to an activating group) is 1. The predicted octanol–water partition coefficient (Wildman–Crippen LogP) is 2.52. The third kappa shape index (κ3) is 2.38. The molecule has 0 heterocycles. The Morgan fingerprint density at radius 1 is 1.41 bits per heavy atom. The van der Waals surface area contributed by atoms with Crippen LogP contribution in [-0.2, 0) is 0 Å². The van der Waals surface area contributed by atoms with E-state index in [0.717, 1.165) is 6.54 Å². The molecule has 1 aromatic carbocycles. The van der Waals surface area contributed by atoms with Crippen molar-refractivity contribution in [3.63, 3.8) is 0 Å². The van der Waals surface area contributed by atoms with Gasteiger partial charge in [0.05, 0.1) is 0 Å². The molecule has 2 rings (SSSR count). The Morgan fingerprint density at radius 3 is 2.71 bits per heavy atom. The van der Waals surface area contributed by atoms with E-state index in [1.165, 1.54) is 30.4 Å². The van der Waals surface area contributed by atoms with Gasteiger partial charge in [-0.1, -0.05) is 29.8 Å². The molecular formula is C15H24N2. The van der Waals surface area contributed by atoms with Crippen LogP contribution in [0.1, 0.15) is 36.3 Å². The maximum absolute atomic E-state index is 6.00. The molecule has 1 saturated carbocycles. The second-order valence-corrected chi connectivity index (χ2v) is 5.68. The first-order valence-electron chi connectivity index (χ1n) is 6.51. The van der Waals surface area contributed by atoms with Crippen LogP contribution in [-0.4, -0.2) is 31.1 Å². The van der Waals surface area contributed by atoms with Crippen molar-refractivity contribution in [1.29, 1.82) is 0 Å². The number of benzene rings is 1. The lowest BCUT2D eigenvalue weighted by atomic mass is 9.91. The summed E-state index contributed by atoms with van der Waals surface area (Å²) in [5.41, 5.74) is 9.06. The topological polar surface area (TPSA) is 29.3 Å². The third-order valence-corrected chi connectivity index (χ3v) is 4.43. The molecular weight excluding hydrogens is 208 g/mol. The highest BCUT2D eigenvalue weighted by Crippen LogP contribution is 2.42. The van der Waals surface area contributed by atoms with Crippen molar-refractivity contribution >= 4 is 0 Å². The summed E-state index contributed by atoms with van der Waals surface area (Å²) in [5, 5.41) is 0. The molecule has 2 N–H and O–H groups in total. The lowest BCUT2D eigenvalue weighted by Gasteiger charge is -2.35. The molecule has 1 aliphatic rings. The molecule has 0 amide bonds. The molecule has 1 fully saturated rings. The number of aryl methyl sites for hydroxylation is 1. The SMILES string of the molecule is Cc1cccc(C2CCC(CN)(N(C)C)C2)c1. The van der Waals surface area contributed by atoms with Crippen LogP contribution < -0.4 is 5.73 Å². The maximum atomic E-state index is 6.00. The normalized spacial score (nSPS) is 28.9. The van der Waals surface area contributed by atoms with Gasteiger partial charge in [-0.25, -0.2) is 0 Å². The van der Waals surface area contributed by atoms with Crippen LogP contribution in [0.3, 0.4) is 0 Å². The average molecular weight is 232 g/mol. The largest absolute Gasteiger partial charge is 0.329 e. The van der Waals surface area contributed by atoms with Gasteiger partial charge in [0.15, 0.2) is 0 Å². The molecule has 0 bridgehead atoms. The van der Waals surface area contributed by atoms with E-state index in [4.69, 9.17) is 5.73 Å². The van der Waals surface area contributed by atoms with E-state index in [9.17, 15) is 0 Å². The van der Waals surface area contributed by atoms with Crippen LogP contribution >= 0.6 is 0 Å². The molecule has 94 valence electrons.